The summed E-state index contributed by atoms with van der Waals surface area (Å²) in [7, 11) is 2.91. The summed E-state index contributed by atoms with van der Waals surface area (Å²) in [5, 5.41) is 1.51. The lowest BCUT2D eigenvalue weighted by molar-refractivity contribution is 0.708. The predicted molar refractivity (Wildman–Crippen MR) is 84.8 cm³/mol. The van der Waals surface area contributed by atoms with E-state index in [1.807, 2.05) is 0 Å². The summed E-state index contributed by atoms with van der Waals surface area (Å²) in [6.07, 6.45) is 0. The molecule has 0 saturated carbocycles. The zero-order valence-electron chi connectivity index (χ0n) is 10.9. The number of pyridine rings is 1. The van der Waals surface area contributed by atoms with E-state index in [0.29, 0.717) is 20.9 Å². The molecule has 0 amide bonds. The van der Waals surface area contributed by atoms with Crippen molar-refractivity contribution in [2.45, 2.75) is 0 Å². The van der Waals surface area contributed by atoms with Crippen LogP contribution in [0.4, 0.5) is 0 Å². The van der Waals surface area contributed by atoms with E-state index in [1.54, 1.807) is 12.1 Å². The zero-order chi connectivity index (χ0) is 15.5. The van der Waals surface area contributed by atoms with E-state index in [9.17, 15) is 9.59 Å². The van der Waals surface area contributed by atoms with E-state index in [2.05, 4.69) is 4.98 Å². The molecule has 5 nitrogen and oxygen atoms in total. The SMILES string of the molecule is Cn1c(=O)c2c(Cl)c3cc(Cl)c(Cl)cc3nc2n(C)c1=O. The van der Waals surface area contributed by atoms with Crippen molar-refractivity contribution in [3.63, 3.8) is 0 Å². The Morgan fingerprint density at radius 2 is 1.62 bits per heavy atom. The number of aryl methyl sites for hydroxylation is 1. The first-order valence-electron chi connectivity index (χ1n) is 5.87. The van der Waals surface area contributed by atoms with Crippen LogP contribution in [0.25, 0.3) is 21.9 Å². The molecule has 2 heterocycles. The van der Waals surface area contributed by atoms with Crippen molar-refractivity contribution in [3.8, 4) is 0 Å². The fourth-order valence-corrected chi connectivity index (χ4v) is 2.85. The monoisotopic (exact) mass is 343 g/mol. The topological polar surface area (TPSA) is 56.9 Å². The highest BCUT2D eigenvalue weighted by Gasteiger charge is 2.17. The maximum atomic E-state index is 12.3. The van der Waals surface area contributed by atoms with Crippen molar-refractivity contribution < 1.29 is 0 Å². The van der Waals surface area contributed by atoms with Gasteiger partial charge in [-0.3, -0.25) is 13.9 Å². The second-order valence-corrected chi connectivity index (χ2v) is 5.81. The van der Waals surface area contributed by atoms with Gasteiger partial charge in [0.25, 0.3) is 5.56 Å². The van der Waals surface area contributed by atoms with E-state index < -0.39 is 11.2 Å². The zero-order valence-corrected chi connectivity index (χ0v) is 13.2. The Kier molecular flexibility index (Phi) is 3.24. The summed E-state index contributed by atoms with van der Waals surface area (Å²) in [5.74, 6) is 0. The van der Waals surface area contributed by atoms with E-state index >= 15 is 0 Å². The Morgan fingerprint density at radius 1 is 1.00 bits per heavy atom. The minimum Gasteiger partial charge on any atom is -0.280 e. The van der Waals surface area contributed by atoms with E-state index in [0.717, 1.165) is 4.57 Å². The van der Waals surface area contributed by atoms with E-state index in [4.69, 9.17) is 34.8 Å². The third-order valence-corrected chi connectivity index (χ3v) is 4.47. The van der Waals surface area contributed by atoms with Crippen LogP contribution in [0.1, 0.15) is 0 Å². The molecule has 0 aliphatic rings. The summed E-state index contributed by atoms with van der Waals surface area (Å²) in [5.41, 5.74) is -0.307. The van der Waals surface area contributed by atoms with Gasteiger partial charge in [0, 0.05) is 19.5 Å². The number of hydrogen-bond acceptors (Lipinski definition) is 3. The second kappa shape index (κ2) is 4.73. The molecule has 1 aromatic carbocycles. The van der Waals surface area contributed by atoms with E-state index in [-0.39, 0.29) is 16.1 Å². The van der Waals surface area contributed by atoms with Gasteiger partial charge in [0.2, 0.25) is 0 Å². The van der Waals surface area contributed by atoms with Gasteiger partial charge >= 0.3 is 5.69 Å². The Balaban J connectivity index is 2.70. The van der Waals surface area contributed by atoms with Crippen LogP contribution >= 0.6 is 34.8 Å². The Morgan fingerprint density at radius 3 is 2.29 bits per heavy atom. The molecule has 3 aromatic rings. The molecule has 0 bridgehead atoms. The van der Waals surface area contributed by atoms with Gasteiger partial charge in [0.1, 0.15) is 5.39 Å². The van der Waals surface area contributed by atoms with Crippen LogP contribution in [0, 0.1) is 0 Å². The van der Waals surface area contributed by atoms with Gasteiger partial charge in [0.15, 0.2) is 5.65 Å². The molecule has 3 rings (SSSR count). The average molecular weight is 345 g/mol. The summed E-state index contributed by atoms with van der Waals surface area (Å²) >= 11 is 18.3. The van der Waals surface area contributed by atoms with Crippen molar-refractivity contribution in [3.05, 3.63) is 48.0 Å². The highest BCUT2D eigenvalue weighted by Crippen LogP contribution is 2.33. The number of nitrogens with zero attached hydrogens (tertiary/aromatic N) is 3. The quantitative estimate of drug-likeness (QED) is 0.589. The lowest BCUT2D eigenvalue weighted by Gasteiger charge is -2.10. The largest absolute Gasteiger partial charge is 0.332 e. The third-order valence-electron chi connectivity index (χ3n) is 3.35. The van der Waals surface area contributed by atoms with Crippen LogP contribution in [0.3, 0.4) is 0 Å². The number of rotatable bonds is 0. The smallest absolute Gasteiger partial charge is 0.280 e. The van der Waals surface area contributed by atoms with Crippen molar-refractivity contribution in [1.82, 2.24) is 14.1 Å². The standard InChI is InChI=1S/C13H8Cl3N3O2/c1-18-11-9(12(20)19(2)13(18)21)10(16)5-3-6(14)7(15)4-8(5)17-11/h3-4H,1-2H3. The molecule has 8 heteroatoms. The average Bonchev–Trinajstić information content (AvgIpc) is 2.45. The second-order valence-electron chi connectivity index (χ2n) is 4.61. The van der Waals surface area contributed by atoms with Crippen molar-refractivity contribution in [1.29, 1.82) is 0 Å². The molecule has 0 atom stereocenters. The summed E-state index contributed by atoms with van der Waals surface area (Å²) in [6.45, 7) is 0. The van der Waals surface area contributed by atoms with Crippen molar-refractivity contribution in [2.24, 2.45) is 14.1 Å². The number of halogens is 3. The first-order valence-corrected chi connectivity index (χ1v) is 7.00. The van der Waals surface area contributed by atoms with Gasteiger partial charge in [-0.05, 0) is 12.1 Å². The van der Waals surface area contributed by atoms with Gasteiger partial charge in [0.05, 0.1) is 20.6 Å². The van der Waals surface area contributed by atoms with Crippen molar-refractivity contribution in [2.75, 3.05) is 0 Å². The molecule has 0 spiro atoms. The first kappa shape index (κ1) is 14.4. The van der Waals surface area contributed by atoms with Crippen molar-refractivity contribution >= 4 is 56.7 Å². The molecule has 0 N–H and O–H groups in total. The number of benzene rings is 1. The van der Waals surface area contributed by atoms with Crippen LogP contribution in [-0.2, 0) is 14.1 Å². The fraction of sp³-hybridized carbons (Fsp3) is 0.154. The maximum absolute atomic E-state index is 12.3. The molecule has 0 aliphatic carbocycles. The highest BCUT2D eigenvalue weighted by atomic mass is 35.5. The van der Waals surface area contributed by atoms with Crippen LogP contribution in [0.5, 0.6) is 0 Å². The highest BCUT2D eigenvalue weighted by molar-refractivity contribution is 6.44. The van der Waals surface area contributed by atoms with E-state index in [1.165, 1.54) is 18.7 Å². The minimum atomic E-state index is -0.501. The molecule has 0 saturated heterocycles. The molecule has 0 unspecified atom stereocenters. The van der Waals surface area contributed by atoms with Gasteiger partial charge in [-0.1, -0.05) is 34.8 Å². The van der Waals surface area contributed by atoms with Gasteiger partial charge in [-0.2, -0.15) is 0 Å². The van der Waals surface area contributed by atoms with Crippen LogP contribution < -0.4 is 11.2 Å². The molecule has 2 aromatic heterocycles. The molecular weight excluding hydrogens is 337 g/mol. The van der Waals surface area contributed by atoms with Gasteiger partial charge in [-0.25, -0.2) is 9.78 Å². The van der Waals surface area contributed by atoms with Gasteiger partial charge in [-0.15, -0.1) is 0 Å². The Labute approximate surface area is 133 Å². The summed E-state index contributed by atoms with van der Waals surface area (Å²) in [6, 6.07) is 3.10. The predicted octanol–water partition coefficient (Wildman–Crippen LogP) is 2.75. The molecular formula is C13H8Cl3N3O2. The number of hydrogen-bond donors (Lipinski definition) is 0. The summed E-state index contributed by atoms with van der Waals surface area (Å²) < 4.78 is 2.25. The maximum Gasteiger partial charge on any atom is 0.332 e. The molecule has 0 fully saturated rings. The number of fused-ring (bicyclic) bond motifs is 2. The lowest BCUT2D eigenvalue weighted by Crippen LogP contribution is -2.37. The molecule has 0 radical (unpaired) electrons. The van der Waals surface area contributed by atoms with Gasteiger partial charge < -0.3 is 0 Å². The molecule has 108 valence electrons. The number of aromatic nitrogens is 3. The fourth-order valence-electron chi connectivity index (χ4n) is 2.21. The summed E-state index contributed by atoms with van der Waals surface area (Å²) in [4.78, 5) is 28.6. The Hall–Kier alpha value is -1.56. The third kappa shape index (κ3) is 1.96. The lowest BCUT2D eigenvalue weighted by atomic mass is 10.2. The Bertz CT molecular complexity index is 1040. The molecule has 21 heavy (non-hydrogen) atoms. The normalized spacial score (nSPS) is 11.5. The van der Waals surface area contributed by atoms with Crippen LogP contribution in [-0.4, -0.2) is 14.1 Å². The van der Waals surface area contributed by atoms with Crippen LogP contribution in [0.2, 0.25) is 15.1 Å². The molecule has 0 aliphatic heterocycles. The first-order chi connectivity index (χ1) is 9.82. The minimum absolute atomic E-state index is 0.173. The van der Waals surface area contributed by atoms with Crippen LogP contribution in [0.15, 0.2) is 21.7 Å².